The average molecular weight is 497 g/mol. The summed E-state index contributed by atoms with van der Waals surface area (Å²) in [6, 6.07) is 13.6. The van der Waals surface area contributed by atoms with Gasteiger partial charge in [0.15, 0.2) is 17.5 Å². The highest BCUT2D eigenvalue weighted by Crippen LogP contribution is 2.36. The van der Waals surface area contributed by atoms with Crippen molar-refractivity contribution in [2.24, 2.45) is 10.7 Å². The van der Waals surface area contributed by atoms with E-state index in [1.54, 1.807) is 0 Å². The fraction of sp³-hybridized carbons (Fsp3) is 0.381. The first-order valence-corrected chi connectivity index (χ1v) is 9.07. The Morgan fingerprint density at radius 3 is 2.50 bits per heavy atom. The first-order chi connectivity index (χ1) is 12.8. The first-order valence-electron chi connectivity index (χ1n) is 9.07. The van der Waals surface area contributed by atoms with E-state index in [2.05, 4.69) is 24.2 Å². The van der Waals surface area contributed by atoms with Gasteiger partial charge >= 0.3 is 0 Å². The molecule has 0 bridgehead atoms. The fourth-order valence-corrected chi connectivity index (χ4v) is 2.77. The molecule has 0 fully saturated rings. The van der Waals surface area contributed by atoms with E-state index in [0.717, 1.165) is 28.5 Å². The number of guanidine groups is 1. The number of hydrogen-bond acceptors (Lipinski definition) is 4. The summed E-state index contributed by atoms with van der Waals surface area (Å²) < 4.78 is 16.5. The quantitative estimate of drug-likeness (QED) is 0.349. The number of nitrogens with two attached hydrogens (primary N) is 1. The van der Waals surface area contributed by atoms with Crippen LogP contribution >= 0.6 is 24.0 Å². The maximum atomic E-state index is 6.06. The molecule has 152 valence electrons. The van der Waals surface area contributed by atoms with Crippen molar-refractivity contribution >= 4 is 35.6 Å². The maximum Gasteiger partial charge on any atom is 0.231 e. The van der Waals surface area contributed by atoms with Gasteiger partial charge in [-0.25, -0.2) is 0 Å². The molecule has 2 aromatic carbocycles. The van der Waals surface area contributed by atoms with Gasteiger partial charge in [0.2, 0.25) is 6.79 Å². The van der Waals surface area contributed by atoms with Gasteiger partial charge in [-0.3, -0.25) is 4.99 Å². The van der Waals surface area contributed by atoms with Crippen molar-refractivity contribution in [3.63, 3.8) is 0 Å². The zero-order chi connectivity index (χ0) is 19.4. The number of nitrogens with one attached hydrogen (secondary N) is 1. The second-order valence-electron chi connectivity index (χ2n) is 7.47. The Hall–Kier alpha value is -2.16. The predicted molar refractivity (Wildman–Crippen MR) is 123 cm³/mol. The lowest BCUT2D eigenvalue weighted by molar-refractivity contribution is 0.174. The molecular formula is C21H28IN3O3. The molecule has 0 saturated carbocycles. The van der Waals surface area contributed by atoms with Crippen LogP contribution in [0, 0.1) is 0 Å². The minimum absolute atomic E-state index is 0. The standard InChI is InChI=1S/C21H27N3O3.HI/c1-14(2)27-17-8-6-16(7-9-17)24-20(22)23-12-21(3,4)15-5-10-18-19(11-15)26-13-25-18;/h5-11,14H,12-13H2,1-4H3,(H3,22,23,24);1H. The van der Waals surface area contributed by atoms with Crippen molar-refractivity contribution in [1.82, 2.24) is 0 Å². The largest absolute Gasteiger partial charge is 0.491 e. The number of ether oxygens (including phenoxy) is 3. The second-order valence-corrected chi connectivity index (χ2v) is 7.47. The van der Waals surface area contributed by atoms with Crippen LogP contribution in [0.2, 0.25) is 0 Å². The summed E-state index contributed by atoms with van der Waals surface area (Å²) in [5, 5.41) is 3.12. The van der Waals surface area contributed by atoms with E-state index in [0.29, 0.717) is 12.5 Å². The van der Waals surface area contributed by atoms with Gasteiger partial charge in [-0.15, -0.1) is 24.0 Å². The predicted octanol–water partition coefficient (Wildman–Crippen LogP) is 4.52. The highest BCUT2D eigenvalue weighted by molar-refractivity contribution is 14.0. The highest BCUT2D eigenvalue weighted by atomic mass is 127. The molecule has 0 spiro atoms. The molecule has 0 saturated heterocycles. The van der Waals surface area contributed by atoms with Crippen molar-refractivity contribution in [3.05, 3.63) is 48.0 Å². The third-order valence-electron chi connectivity index (χ3n) is 4.30. The molecule has 2 aromatic rings. The number of nitrogens with zero attached hydrogens (tertiary/aromatic N) is 1. The SMILES string of the molecule is CC(C)Oc1ccc(NC(N)=NCC(C)(C)c2ccc3c(c2)OCO3)cc1.I. The number of rotatable bonds is 6. The van der Waals surface area contributed by atoms with Crippen LogP contribution in [0.1, 0.15) is 33.3 Å². The summed E-state index contributed by atoms with van der Waals surface area (Å²) in [4.78, 5) is 4.51. The van der Waals surface area contributed by atoms with E-state index in [1.165, 1.54) is 0 Å². The molecule has 0 amide bonds. The van der Waals surface area contributed by atoms with Crippen LogP contribution in [0.25, 0.3) is 0 Å². The Morgan fingerprint density at radius 1 is 1.14 bits per heavy atom. The molecule has 6 nitrogen and oxygen atoms in total. The molecule has 3 N–H and O–H groups in total. The Bertz CT molecular complexity index is 820. The van der Waals surface area contributed by atoms with Gasteiger partial charge in [0.25, 0.3) is 0 Å². The molecule has 1 aliphatic heterocycles. The second kappa shape index (κ2) is 9.36. The number of aliphatic imine (C=N–C) groups is 1. The first kappa shape index (κ1) is 22.1. The smallest absolute Gasteiger partial charge is 0.231 e. The maximum absolute atomic E-state index is 6.06. The Balaban J connectivity index is 0.00000280. The third kappa shape index (κ3) is 5.67. The van der Waals surface area contributed by atoms with E-state index in [4.69, 9.17) is 19.9 Å². The van der Waals surface area contributed by atoms with Crippen molar-refractivity contribution < 1.29 is 14.2 Å². The van der Waals surface area contributed by atoms with E-state index in [9.17, 15) is 0 Å². The molecule has 1 aliphatic rings. The van der Waals surface area contributed by atoms with Gasteiger partial charge in [-0.05, 0) is 55.8 Å². The number of fused-ring (bicyclic) bond motifs is 1. The minimum Gasteiger partial charge on any atom is -0.491 e. The summed E-state index contributed by atoms with van der Waals surface area (Å²) in [6.07, 6.45) is 0.147. The Morgan fingerprint density at radius 2 is 1.82 bits per heavy atom. The van der Waals surface area contributed by atoms with Crippen molar-refractivity contribution in [1.29, 1.82) is 0 Å². The van der Waals surface area contributed by atoms with Crippen molar-refractivity contribution in [3.8, 4) is 17.2 Å². The molecule has 7 heteroatoms. The monoisotopic (exact) mass is 497 g/mol. The summed E-state index contributed by atoms with van der Waals surface area (Å²) >= 11 is 0. The van der Waals surface area contributed by atoms with E-state index < -0.39 is 0 Å². The summed E-state index contributed by atoms with van der Waals surface area (Å²) in [5.74, 6) is 2.76. The lowest BCUT2D eigenvalue weighted by Gasteiger charge is -2.23. The van der Waals surface area contributed by atoms with E-state index >= 15 is 0 Å². The number of benzene rings is 2. The minimum atomic E-state index is -0.192. The fourth-order valence-electron chi connectivity index (χ4n) is 2.77. The zero-order valence-corrected chi connectivity index (χ0v) is 19.0. The summed E-state index contributed by atoms with van der Waals surface area (Å²) in [7, 11) is 0. The molecule has 0 atom stereocenters. The van der Waals surface area contributed by atoms with Gasteiger partial charge in [-0.2, -0.15) is 0 Å². The van der Waals surface area contributed by atoms with Gasteiger partial charge < -0.3 is 25.3 Å². The molecule has 1 heterocycles. The van der Waals surface area contributed by atoms with E-state index in [-0.39, 0.29) is 42.3 Å². The van der Waals surface area contributed by atoms with Crippen molar-refractivity contribution in [2.75, 3.05) is 18.7 Å². The normalized spacial score (nSPS) is 13.2. The highest BCUT2D eigenvalue weighted by Gasteiger charge is 2.24. The van der Waals surface area contributed by atoms with Crippen LogP contribution in [-0.2, 0) is 5.41 Å². The molecule has 28 heavy (non-hydrogen) atoms. The van der Waals surface area contributed by atoms with Crippen LogP contribution in [0.4, 0.5) is 5.69 Å². The van der Waals surface area contributed by atoms with Gasteiger partial charge in [0.1, 0.15) is 5.75 Å². The number of anilines is 1. The molecular weight excluding hydrogens is 469 g/mol. The molecule has 0 unspecified atom stereocenters. The topological polar surface area (TPSA) is 78.1 Å². The molecule has 0 aliphatic carbocycles. The summed E-state index contributed by atoms with van der Waals surface area (Å²) in [5.41, 5.74) is 7.86. The Labute approximate surface area is 183 Å². The van der Waals surface area contributed by atoms with Crippen LogP contribution in [0.15, 0.2) is 47.5 Å². The lowest BCUT2D eigenvalue weighted by atomic mass is 9.84. The van der Waals surface area contributed by atoms with Crippen LogP contribution < -0.4 is 25.3 Å². The van der Waals surface area contributed by atoms with Gasteiger partial charge in [0.05, 0.1) is 12.6 Å². The lowest BCUT2D eigenvalue weighted by Crippen LogP contribution is -2.27. The van der Waals surface area contributed by atoms with Crippen LogP contribution in [0.3, 0.4) is 0 Å². The Kier molecular flexibility index (Phi) is 7.40. The molecule has 0 radical (unpaired) electrons. The zero-order valence-electron chi connectivity index (χ0n) is 16.7. The van der Waals surface area contributed by atoms with E-state index in [1.807, 2.05) is 56.3 Å². The van der Waals surface area contributed by atoms with Crippen molar-refractivity contribution in [2.45, 2.75) is 39.2 Å². The average Bonchev–Trinajstić information content (AvgIpc) is 3.09. The molecule has 0 aromatic heterocycles. The van der Waals surface area contributed by atoms with Gasteiger partial charge in [0, 0.05) is 11.1 Å². The van der Waals surface area contributed by atoms with Crippen LogP contribution in [0.5, 0.6) is 17.2 Å². The number of hydrogen-bond donors (Lipinski definition) is 2. The third-order valence-corrected chi connectivity index (χ3v) is 4.30. The van der Waals surface area contributed by atoms with Gasteiger partial charge in [-0.1, -0.05) is 19.9 Å². The number of halogens is 1. The molecule has 3 rings (SSSR count). The van der Waals surface area contributed by atoms with Crippen LogP contribution in [-0.4, -0.2) is 25.4 Å². The summed E-state index contributed by atoms with van der Waals surface area (Å²) in [6.45, 7) is 9.06.